The van der Waals surface area contributed by atoms with E-state index in [0.29, 0.717) is 57.2 Å². The average Bonchev–Trinajstić information content (AvgIpc) is 3.27. The topological polar surface area (TPSA) is 94.0 Å². The van der Waals surface area contributed by atoms with Crippen molar-refractivity contribution >= 4 is 15.9 Å². The van der Waals surface area contributed by atoms with Crippen LogP contribution in [0, 0.1) is 0 Å². The van der Waals surface area contributed by atoms with Crippen LogP contribution < -0.4 is 9.47 Å². The third-order valence-corrected chi connectivity index (χ3v) is 6.97. The molecule has 0 atom stereocenters. The summed E-state index contributed by atoms with van der Waals surface area (Å²) in [6, 6.07) is 6.52. The standard InChI is InChI=1S/C19H24N4O5S/c24-19(3-1-7-22-8-2-6-20-22)21-9-11-23(12-10-21)29(25,26)16-4-5-17-18(15-16)28-14-13-27-17/h2,4-6,8,15H,1,3,7,9-14H2. The molecule has 0 aliphatic carbocycles. The van der Waals surface area contributed by atoms with Gasteiger partial charge in [-0.25, -0.2) is 8.42 Å². The molecule has 1 amide bonds. The minimum Gasteiger partial charge on any atom is -0.486 e. The zero-order chi connectivity index (χ0) is 20.3. The largest absolute Gasteiger partial charge is 0.486 e. The van der Waals surface area contributed by atoms with Crippen molar-refractivity contribution in [2.75, 3.05) is 39.4 Å². The van der Waals surface area contributed by atoms with E-state index in [4.69, 9.17) is 9.47 Å². The third kappa shape index (κ3) is 4.38. The predicted octanol–water partition coefficient (Wildman–Crippen LogP) is 0.968. The van der Waals surface area contributed by atoms with Gasteiger partial charge in [-0.15, -0.1) is 0 Å². The molecule has 0 radical (unpaired) electrons. The number of hydrogen-bond acceptors (Lipinski definition) is 6. The number of carbonyl (C=O) groups is 1. The number of sulfonamides is 1. The molecule has 9 nitrogen and oxygen atoms in total. The van der Waals surface area contributed by atoms with Gasteiger partial charge in [-0.1, -0.05) is 0 Å². The number of carbonyl (C=O) groups excluding carboxylic acids is 1. The lowest BCUT2D eigenvalue weighted by atomic mass is 10.2. The fourth-order valence-corrected chi connectivity index (χ4v) is 4.93. The first-order chi connectivity index (χ1) is 14.0. The van der Waals surface area contributed by atoms with E-state index in [0.717, 1.165) is 0 Å². The Balaban J connectivity index is 1.32. The molecule has 2 aromatic rings. The van der Waals surface area contributed by atoms with Crippen LogP contribution in [0.25, 0.3) is 0 Å². The van der Waals surface area contributed by atoms with E-state index in [2.05, 4.69) is 5.10 Å². The quantitative estimate of drug-likeness (QED) is 0.691. The molecular weight excluding hydrogens is 396 g/mol. The molecule has 0 unspecified atom stereocenters. The minimum absolute atomic E-state index is 0.0496. The van der Waals surface area contributed by atoms with E-state index >= 15 is 0 Å². The van der Waals surface area contributed by atoms with Crippen LogP contribution in [0.3, 0.4) is 0 Å². The van der Waals surface area contributed by atoms with Crippen LogP contribution in [-0.4, -0.2) is 72.7 Å². The second-order valence-corrected chi connectivity index (χ2v) is 8.90. The molecule has 1 fully saturated rings. The average molecular weight is 420 g/mol. The maximum atomic E-state index is 13.0. The fraction of sp³-hybridized carbons (Fsp3) is 0.474. The second kappa shape index (κ2) is 8.42. The van der Waals surface area contributed by atoms with Crippen LogP contribution in [0.15, 0.2) is 41.6 Å². The normalized spacial score (nSPS) is 17.3. The van der Waals surface area contributed by atoms with Gasteiger partial charge in [0, 0.05) is 57.6 Å². The summed E-state index contributed by atoms with van der Waals surface area (Å²) in [6.07, 6.45) is 4.71. The Labute approximate surface area is 169 Å². The molecule has 1 saturated heterocycles. The summed E-state index contributed by atoms with van der Waals surface area (Å²) < 4.78 is 40.1. The van der Waals surface area contributed by atoms with Crippen molar-refractivity contribution in [3.05, 3.63) is 36.7 Å². The van der Waals surface area contributed by atoms with Crippen molar-refractivity contribution in [1.82, 2.24) is 19.0 Å². The molecule has 10 heteroatoms. The van der Waals surface area contributed by atoms with Crippen LogP contribution in [0.5, 0.6) is 11.5 Å². The minimum atomic E-state index is -3.64. The first-order valence-corrected chi connectivity index (χ1v) is 11.1. The Hall–Kier alpha value is -2.59. The van der Waals surface area contributed by atoms with Crippen molar-refractivity contribution in [2.24, 2.45) is 0 Å². The zero-order valence-corrected chi connectivity index (χ0v) is 16.9. The maximum absolute atomic E-state index is 13.0. The Morgan fingerprint density at radius 3 is 2.55 bits per heavy atom. The molecule has 0 saturated carbocycles. The van der Waals surface area contributed by atoms with Gasteiger partial charge in [0.1, 0.15) is 13.2 Å². The van der Waals surface area contributed by atoms with Crippen molar-refractivity contribution in [2.45, 2.75) is 24.3 Å². The molecule has 156 valence electrons. The number of aromatic nitrogens is 2. The number of amides is 1. The smallest absolute Gasteiger partial charge is 0.243 e. The molecule has 0 N–H and O–H groups in total. The number of piperazine rings is 1. The highest BCUT2D eigenvalue weighted by molar-refractivity contribution is 7.89. The summed E-state index contributed by atoms with van der Waals surface area (Å²) in [5, 5.41) is 4.12. The molecule has 1 aromatic heterocycles. The molecule has 1 aromatic carbocycles. The second-order valence-electron chi connectivity index (χ2n) is 6.96. The monoisotopic (exact) mass is 420 g/mol. The van der Waals surface area contributed by atoms with Gasteiger partial charge in [-0.05, 0) is 24.6 Å². The lowest BCUT2D eigenvalue weighted by Gasteiger charge is -2.34. The predicted molar refractivity (Wildman–Crippen MR) is 104 cm³/mol. The van der Waals surface area contributed by atoms with Gasteiger partial charge >= 0.3 is 0 Å². The molecule has 29 heavy (non-hydrogen) atoms. The number of rotatable bonds is 6. The van der Waals surface area contributed by atoms with Crippen molar-refractivity contribution in [3.8, 4) is 11.5 Å². The zero-order valence-electron chi connectivity index (χ0n) is 16.1. The van der Waals surface area contributed by atoms with Gasteiger partial charge in [-0.3, -0.25) is 9.48 Å². The van der Waals surface area contributed by atoms with Crippen LogP contribution in [0.2, 0.25) is 0 Å². The van der Waals surface area contributed by atoms with E-state index in [1.165, 1.54) is 16.4 Å². The van der Waals surface area contributed by atoms with Crippen molar-refractivity contribution in [1.29, 1.82) is 0 Å². The lowest BCUT2D eigenvalue weighted by molar-refractivity contribution is -0.132. The third-order valence-electron chi connectivity index (χ3n) is 5.08. The molecule has 0 spiro atoms. The Morgan fingerprint density at radius 2 is 1.83 bits per heavy atom. The van der Waals surface area contributed by atoms with E-state index in [-0.39, 0.29) is 23.9 Å². The molecule has 4 rings (SSSR count). The number of hydrogen-bond donors (Lipinski definition) is 0. The molecule has 0 bridgehead atoms. The maximum Gasteiger partial charge on any atom is 0.243 e. The van der Waals surface area contributed by atoms with Gasteiger partial charge in [0.15, 0.2) is 11.5 Å². The first-order valence-electron chi connectivity index (χ1n) is 9.69. The molecular formula is C19H24N4O5S. The van der Waals surface area contributed by atoms with Gasteiger partial charge < -0.3 is 14.4 Å². The van der Waals surface area contributed by atoms with Gasteiger partial charge in [0.25, 0.3) is 0 Å². The summed E-state index contributed by atoms with van der Waals surface area (Å²) in [5.74, 6) is 1.05. The number of fused-ring (bicyclic) bond motifs is 1. The number of ether oxygens (including phenoxy) is 2. The molecule has 2 aliphatic heterocycles. The Bertz CT molecular complexity index is 953. The van der Waals surface area contributed by atoms with E-state index in [1.807, 2.05) is 12.3 Å². The highest BCUT2D eigenvalue weighted by atomic mass is 32.2. The van der Waals surface area contributed by atoms with Gasteiger partial charge in [0.05, 0.1) is 4.90 Å². The summed E-state index contributed by atoms with van der Waals surface area (Å²) in [6.45, 7) is 2.89. The fourth-order valence-electron chi connectivity index (χ4n) is 3.49. The highest BCUT2D eigenvalue weighted by Crippen LogP contribution is 2.33. The lowest BCUT2D eigenvalue weighted by Crippen LogP contribution is -2.50. The Kier molecular flexibility index (Phi) is 5.72. The van der Waals surface area contributed by atoms with Crippen molar-refractivity contribution in [3.63, 3.8) is 0 Å². The summed E-state index contributed by atoms with van der Waals surface area (Å²) in [7, 11) is -3.64. The van der Waals surface area contributed by atoms with Crippen LogP contribution >= 0.6 is 0 Å². The highest BCUT2D eigenvalue weighted by Gasteiger charge is 2.31. The van der Waals surface area contributed by atoms with E-state index in [1.54, 1.807) is 21.8 Å². The molecule has 3 heterocycles. The number of aryl methyl sites for hydroxylation is 1. The SMILES string of the molecule is O=C(CCCn1cccn1)N1CCN(S(=O)(=O)c2ccc3c(c2)OCCO3)CC1. The number of nitrogens with zero attached hydrogens (tertiary/aromatic N) is 4. The van der Waals surface area contributed by atoms with Gasteiger partial charge in [-0.2, -0.15) is 9.40 Å². The summed E-state index contributed by atoms with van der Waals surface area (Å²) in [5.41, 5.74) is 0. The first kappa shape index (κ1) is 19.7. The molecule has 2 aliphatic rings. The van der Waals surface area contributed by atoms with Crippen LogP contribution in [-0.2, 0) is 21.4 Å². The van der Waals surface area contributed by atoms with Gasteiger partial charge in [0.2, 0.25) is 15.9 Å². The van der Waals surface area contributed by atoms with E-state index in [9.17, 15) is 13.2 Å². The Morgan fingerprint density at radius 1 is 1.07 bits per heavy atom. The summed E-state index contributed by atoms with van der Waals surface area (Å²) in [4.78, 5) is 14.3. The van der Waals surface area contributed by atoms with E-state index < -0.39 is 10.0 Å². The van der Waals surface area contributed by atoms with Crippen LogP contribution in [0.1, 0.15) is 12.8 Å². The number of benzene rings is 1. The summed E-state index contributed by atoms with van der Waals surface area (Å²) >= 11 is 0. The van der Waals surface area contributed by atoms with Crippen molar-refractivity contribution < 1.29 is 22.7 Å². The van der Waals surface area contributed by atoms with Crippen LogP contribution in [0.4, 0.5) is 0 Å².